The molecule has 1 aliphatic carbocycles. The van der Waals surface area contributed by atoms with E-state index in [9.17, 15) is 121 Å². The van der Waals surface area contributed by atoms with Crippen LogP contribution in [0.25, 0.3) is 0 Å². The molecule has 5 rings (SSSR count). The third kappa shape index (κ3) is 68.6. The number of Topliss-reactive ketones (excluding diaryl/α,β-unsaturated/α-hetero) is 1. The second kappa shape index (κ2) is 69.6. The van der Waals surface area contributed by atoms with Gasteiger partial charge in [0, 0.05) is 84.3 Å². The Balaban J connectivity index is -0.000000270. The number of ketones is 1. The minimum atomic E-state index is -3.45. The summed E-state index contributed by atoms with van der Waals surface area (Å²) in [4.78, 5) is 36.7. The SMILES string of the molecule is CC(=O)CNS(=O)(=O)C(C)C.CC(C)N1CCC(S(C)(=O)=O)CC1.CC(C)S(=O)(=O)CC1CC1.CC(C)S(=O)(=O)N1CCCC1.CC(C)S(=O)(=O)N1CCCCC1.CC(C)S(=O)(=O)N1CCN(C)CC1.CC(C)S(=O)(=O)NCC(C)(C)O.CCCNS(=O)(=O)C(C)C.CCCNS(=O)(=O)C(C)C.CNS(=O)(=O)C(C)C.COC(=O)CNS(=O)(=O)C(C)C.COC(=O)[C@@H](NS(=O)(=O)C(C)C)C(C)C. The van der Waals surface area contributed by atoms with Gasteiger partial charge in [0.05, 0.1) is 95.1 Å². The molecule has 4 heterocycles. The molecular weight excluding hydrogens is 2030 g/mol. The van der Waals surface area contributed by atoms with E-state index in [-0.39, 0.29) is 73.3 Å². The van der Waals surface area contributed by atoms with Crippen molar-refractivity contribution in [1.82, 2.24) is 55.8 Å². The highest BCUT2D eigenvalue weighted by atomic mass is 32.2. The number of esters is 2. The number of carbonyl (C=O) groups is 3. The summed E-state index contributed by atoms with van der Waals surface area (Å²) < 4.78 is 299. The van der Waals surface area contributed by atoms with Gasteiger partial charge >= 0.3 is 11.9 Å². The normalized spacial score (nSPS) is 16.6. The molecule has 54 heteroatoms. The molecule has 0 bridgehead atoms. The van der Waals surface area contributed by atoms with Gasteiger partial charge in [0.1, 0.15) is 28.2 Å². The molecule has 4 aliphatic heterocycles. The standard InChI is InChI=1S/C9H19NO4S.C9H19NO2S.C8H18N2O2S.C8H17NO2S.C7H17NO3S.C7H15NO2S.C7H14O2S.C6H13NO4S.C6H13NO3S.2C6H15NO2S.C4H11NO2S/c1-6(2)8(9(11)14-5)10-15(12,13)7(3)4;1-8(2)10-6-4-9(5-7-10)13(3,11)12;1-8(2)13(11,12)10-6-4-9(3)5-7-10;1-8(2)12(10,11)9-6-4-3-5-7-9;1-6(2)12(10,11)8-5-7(3,4)9;1-7(2)11(9,10)8-5-3-4-6-8;1-6(2)10(8,9)5-7-3-4-7;1-5(2)12(9,10)7-4-6(8)11-3;1-5(2)11(9,10)7-4-6(3)8;2*1-4-5-7-10(8,9)6(2)3;1-4(2)8(6,7)5-3/h6-8,10H,1-5H3;8-9H,4-7H2,1-3H3;8H,4-7H2,1-3H3;8H,3-7H2,1-2H3;6,8-9H,5H2,1-4H3;7H,3-6H2,1-2H3;6-7H,3-5H2,1-2H3;5,7H,4H2,1-3H3;5,7H,4H2,1-3H3;2*6-7H,4-5H2,1-3H3;4-5H,1-3H3/t8-;;;;;;;;;;;/m0.........../s1. The van der Waals surface area contributed by atoms with Crippen LogP contribution in [0.1, 0.15) is 285 Å². The lowest BCUT2D eigenvalue weighted by atomic mass is 10.1. The van der Waals surface area contributed by atoms with E-state index < -0.39 is 164 Å². The highest BCUT2D eigenvalue weighted by Gasteiger charge is 2.35. The predicted molar refractivity (Wildman–Crippen MR) is 555 cm³/mol. The summed E-state index contributed by atoms with van der Waals surface area (Å²) in [6, 6.07) is -0.275. The Morgan fingerprint density at radius 2 is 0.693 bits per heavy atom. The number of sulfone groups is 2. The second-order valence-corrected chi connectivity index (χ2v) is 66.3. The molecule has 1 atom stereocenters. The van der Waals surface area contributed by atoms with E-state index in [1.807, 2.05) is 20.9 Å². The van der Waals surface area contributed by atoms with Crippen LogP contribution in [0, 0.1) is 11.8 Å². The summed E-state index contributed by atoms with van der Waals surface area (Å²) in [6.45, 7) is 60.8. The zero-order chi connectivity index (χ0) is 110. The summed E-state index contributed by atoms with van der Waals surface area (Å²) in [5.41, 5.74) is -0.998. The van der Waals surface area contributed by atoms with Gasteiger partial charge in [0.15, 0.2) is 9.84 Å². The Morgan fingerprint density at radius 3 is 0.934 bits per heavy atom. The molecule has 0 radical (unpaired) electrons. The van der Waals surface area contributed by atoms with Gasteiger partial charge < -0.3 is 24.4 Å². The smallest absolute Gasteiger partial charge is 0.324 e. The lowest BCUT2D eigenvalue weighted by Crippen LogP contribution is -2.49. The molecule has 5 aliphatic rings. The summed E-state index contributed by atoms with van der Waals surface area (Å²) in [5, 5.41) is 5.11. The monoisotopic (exact) mass is 2220 g/mol. The van der Waals surface area contributed by atoms with Crippen molar-refractivity contribution in [2.45, 2.75) is 366 Å². The quantitative estimate of drug-likeness (QED) is 0.0353. The van der Waals surface area contributed by atoms with Gasteiger partial charge in [-0.3, -0.25) is 14.4 Å². The molecule has 0 aromatic carbocycles. The molecule has 0 spiro atoms. The van der Waals surface area contributed by atoms with Crippen molar-refractivity contribution in [1.29, 1.82) is 0 Å². The van der Waals surface area contributed by atoms with Gasteiger partial charge in [-0.2, -0.15) is 4.31 Å². The number of piperazine rings is 1. The second-order valence-electron chi connectivity index (χ2n) is 37.6. The maximum Gasteiger partial charge on any atom is 0.324 e. The van der Waals surface area contributed by atoms with Gasteiger partial charge in [0.2, 0.25) is 100 Å². The van der Waals surface area contributed by atoms with Gasteiger partial charge in [-0.1, -0.05) is 34.1 Å². The highest BCUT2D eigenvalue weighted by molar-refractivity contribution is 7.93. The van der Waals surface area contributed by atoms with Gasteiger partial charge in [-0.25, -0.2) is 143 Å². The van der Waals surface area contributed by atoms with Crippen LogP contribution >= 0.6 is 0 Å². The number of carbonyl (C=O) groups excluding carboxylic acids is 3. The molecule has 0 amide bonds. The van der Waals surface area contributed by atoms with Crippen molar-refractivity contribution >= 4 is 138 Å². The zero-order valence-electron chi connectivity index (χ0n) is 89.3. The Kier molecular flexibility index (Phi) is 74.9. The molecule has 1 saturated carbocycles. The number of likely N-dealkylation sites (N-methyl/N-ethyl adjacent to an activating group) is 1. The summed E-state index contributed by atoms with van der Waals surface area (Å²) >= 11 is 0. The summed E-state index contributed by atoms with van der Waals surface area (Å²) in [5.74, 6) is -0.578. The number of rotatable bonds is 38. The molecule has 0 aromatic rings. The number of aliphatic hydroxyl groups is 1. The Hall–Kier alpha value is -2.51. The highest BCUT2D eigenvalue weighted by Crippen LogP contribution is 2.31. The van der Waals surface area contributed by atoms with Crippen molar-refractivity contribution in [2.75, 3.05) is 138 Å². The van der Waals surface area contributed by atoms with Crippen LogP contribution in [0.4, 0.5) is 0 Å². The molecule has 8 N–H and O–H groups in total. The number of hydrogen-bond acceptors (Lipinski definition) is 32. The number of hydrogen-bond donors (Lipinski definition) is 8. The van der Waals surface area contributed by atoms with Gasteiger partial charge in [-0.05, 0) is 290 Å². The van der Waals surface area contributed by atoms with E-state index in [2.05, 4.69) is 66.2 Å². The van der Waals surface area contributed by atoms with Crippen LogP contribution in [-0.4, -0.2) is 366 Å². The molecule has 42 nitrogen and oxygen atoms in total. The van der Waals surface area contributed by atoms with Gasteiger partial charge in [0.25, 0.3) is 0 Å². The van der Waals surface area contributed by atoms with E-state index in [1.54, 1.807) is 179 Å². The van der Waals surface area contributed by atoms with Crippen molar-refractivity contribution < 1.29 is 130 Å². The Labute approximate surface area is 833 Å². The van der Waals surface area contributed by atoms with Crippen LogP contribution in [0.5, 0.6) is 0 Å². The fourth-order valence-corrected chi connectivity index (χ4v) is 21.6. The Bertz CT molecular complexity index is 4770. The lowest BCUT2D eigenvalue weighted by Gasteiger charge is -2.33. The number of ether oxygens (including phenoxy) is 2. The lowest BCUT2D eigenvalue weighted by molar-refractivity contribution is -0.143. The topological polar surface area (TPSA) is 600 Å². The average molecular weight is 2220 g/mol. The fraction of sp³-hybridized carbons (Fsp3) is 0.964. The first-order valence-electron chi connectivity index (χ1n) is 46.6. The van der Waals surface area contributed by atoms with E-state index in [0.717, 1.165) is 117 Å². The van der Waals surface area contributed by atoms with E-state index in [0.29, 0.717) is 43.9 Å². The first-order chi connectivity index (χ1) is 61.6. The Morgan fingerprint density at radius 1 is 0.387 bits per heavy atom. The van der Waals surface area contributed by atoms with Crippen molar-refractivity contribution in [3.05, 3.63) is 0 Å². The predicted octanol–water partition coefficient (Wildman–Crippen LogP) is 5.51. The van der Waals surface area contributed by atoms with Gasteiger partial charge in [-0.15, -0.1) is 0 Å². The maximum atomic E-state index is 11.7. The fourth-order valence-electron chi connectivity index (χ4n) is 9.79. The first-order valence-corrected chi connectivity index (χ1v) is 65.6. The van der Waals surface area contributed by atoms with E-state index >= 15 is 0 Å². The van der Waals surface area contributed by atoms with Crippen molar-refractivity contribution in [2.24, 2.45) is 11.8 Å². The molecule has 4 saturated heterocycles. The first kappa shape index (κ1) is 147. The minimum absolute atomic E-state index is 0.0491. The third-order valence-electron chi connectivity index (χ3n) is 20.4. The number of nitrogens with zero attached hydrogens (tertiary/aromatic N) is 5. The van der Waals surface area contributed by atoms with E-state index in [1.165, 1.54) is 54.7 Å². The van der Waals surface area contributed by atoms with E-state index in [4.69, 9.17) is 0 Å². The molecule has 137 heavy (non-hydrogen) atoms. The molecule has 0 aromatic heterocycles. The molecular formula is C83H186N12O30S12. The van der Waals surface area contributed by atoms with Crippen molar-refractivity contribution in [3.8, 4) is 0 Å². The molecule has 0 unspecified atom stereocenters. The van der Waals surface area contributed by atoms with Crippen LogP contribution in [-0.2, 0) is 144 Å². The van der Waals surface area contributed by atoms with Crippen LogP contribution in [0.2, 0.25) is 0 Å². The van der Waals surface area contributed by atoms with Crippen LogP contribution in [0.15, 0.2) is 0 Å². The average Bonchev–Trinajstić information content (AvgIpc) is 1.73. The third-order valence-corrected chi connectivity index (χ3v) is 44.0. The number of methoxy groups -OCH3 is 2. The minimum Gasteiger partial charge on any atom is -0.468 e. The number of piperidine rings is 2. The molecule has 5 fully saturated rings. The number of sulfonamides is 10. The summed E-state index contributed by atoms with van der Waals surface area (Å²) in [6.07, 6.45) is 12.1. The van der Waals surface area contributed by atoms with Crippen LogP contribution < -0.4 is 33.1 Å². The maximum absolute atomic E-state index is 11.7. The largest absolute Gasteiger partial charge is 0.468 e. The zero-order valence-corrected chi connectivity index (χ0v) is 99.0. The molecule has 830 valence electrons. The van der Waals surface area contributed by atoms with Crippen LogP contribution in [0.3, 0.4) is 0 Å². The number of nitrogens with one attached hydrogen (secondary N) is 7. The number of likely N-dealkylation sites (tertiary alicyclic amines) is 1. The summed E-state index contributed by atoms with van der Waals surface area (Å²) in [7, 11) is -30.9. The van der Waals surface area contributed by atoms with Crippen molar-refractivity contribution in [3.63, 3.8) is 0 Å².